The highest BCUT2D eigenvalue weighted by molar-refractivity contribution is 5.89. The van der Waals surface area contributed by atoms with Crippen LogP contribution in [-0.2, 0) is 10.9 Å². The van der Waals surface area contributed by atoms with Crippen molar-refractivity contribution in [2.24, 2.45) is 0 Å². The number of carbonyl (C=O) groups is 1. The first-order chi connectivity index (χ1) is 13.4. The zero-order valence-electron chi connectivity index (χ0n) is 15.6. The van der Waals surface area contributed by atoms with Gasteiger partial charge in [0.1, 0.15) is 11.5 Å². The Hall–Kier alpha value is -2.70. The molecular weight excluding hydrogens is 373 g/mol. The fourth-order valence-corrected chi connectivity index (χ4v) is 2.51. The SMILES string of the molecule is COC(=O)c1ccc(OCCCCCCOc2cccc(C(F)(F)F)c2)cc1. The van der Waals surface area contributed by atoms with Crippen molar-refractivity contribution < 1.29 is 32.2 Å². The van der Waals surface area contributed by atoms with Gasteiger partial charge < -0.3 is 14.2 Å². The Morgan fingerprint density at radius 1 is 0.857 bits per heavy atom. The third-order valence-corrected chi connectivity index (χ3v) is 4.01. The Balaban J connectivity index is 1.57. The summed E-state index contributed by atoms with van der Waals surface area (Å²) < 4.78 is 53.5. The van der Waals surface area contributed by atoms with Crippen molar-refractivity contribution >= 4 is 5.97 Å². The second-order valence-corrected chi connectivity index (χ2v) is 6.15. The monoisotopic (exact) mass is 396 g/mol. The molecule has 0 unspecified atom stereocenters. The molecule has 0 N–H and O–H groups in total. The fraction of sp³-hybridized carbons (Fsp3) is 0.381. The molecule has 0 aliphatic rings. The summed E-state index contributed by atoms with van der Waals surface area (Å²) in [6.07, 6.45) is -0.943. The number of hydrogen-bond acceptors (Lipinski definition) is 4. The summed E-state index contributed by atoms with van der Waals surface area (Å²) >= 11 is 0. The molecule has 28 heavy (non-hydrogen) atoms. The highest BCUT2D eigenvalue weighted by Gasteiger charge is 2.30. The predicted octanol–water partition coefficient (Wildman–Crippen LogP) is 5.51. The Labute approximate surface area is 162 Å². The molecule has 0 amide bonds. The van der Waals surface area contributed by atoms with Crippen molar-refractivity contribution in [2.75, 3.05) is 20.3 Å². The van der Waals surface area contributed by atoms with E-state index in [0.717, 1.165) is 37.8 Å². The molecule has 0 bridgehead atoms. The minimum Gasteiger partial charge on any atom is -0.494 e. The van der Waals surface area contributed by atoms with Crippen LogP contribution in [0.3, 0.4) is 0 Å². The van der Waals surface area contributed by atoms with Gasteiger partial charge in [-0.05, 0) is 68.1 Å². The maximum Gasteiger partial charge on any atom is 0.416 e. The lowest BCUT2D eigenvalue weighted by Crippen LogP contribution is -2.05. The molecule has 0 fully saturated rings. The zero-order valence-corrected chi connectivity index (χ0v) is 15.6. The number of alkyl halides is 3. The smallest absolute Gasteiger partial charge is 0.416 e. The summed E-state index contributed by atoms with van der Waals surface area (Å²) in [7, 11) is 1.33. The first-order valence-electron chi connectivity index (χ1n) is 9.01. The van der Waals surface area contributed by atoms with Gasteiger partial charge in [0.15, 0.2) is 0 Å². The average Bonchev–Trinajstić information content (AvgIpc) is 2.69. The van der Waals surface area contributed by atoms with Gasteiger partial charge in [0.05, 0.1) is 31.5 Å². The van der Waals surface area contributed by atoms with Crippen LogP contribution in [-0.4, -0.2) is 26.3 Å². The Bertz CT molecular complexity index is 742. The van der Waals surface area contributed by atoms with Gasteiger partial charge in [0.25, 0.3) is 0 Å². The molecule has 0 spiro atoms. The van der Waals surface area contributed by atoms with Crippen LogP contribution in [0.1, 0.15) is 41.6 Å². The molecule has 2 aromatic carbocycles. The molecule has 152 valence electrons. The van der Waals surface area contributed by atoms with Crippen LogP contribution in [0.25, 0.3) is 0 Å². The van der Waals surface area contributed by atoms with E-state index < -0.39 is 11.7 Å². The molecule has 0 radical (unpaired) electrons. The van der Waals surface area contributed by atoms with Crippen LogP contribution in [0.15, 0.2) is 48.5 Å². The van der Waals surface area contributed by atoms with Crippen LogP contribution in [0.2, 0.25) is 0 Å². The van der Waals surface area contributed by atoms with E-state index in [4.69, 9.17) is 9.47 Å². The van der Waals surface area contributed by atoms with Gasteiger partial charge in [-0.25, -0.2) is 4.79 Å². The van der Waals surface area contributed by atoms with E-state index in [1.54, 1.807) is 24.3 Å². The first-order valence-corrected chi connectivity index (χ1v) is 9.01. The molecular formula is C21H23F3O4. The predicted molar refractivity (Wildman–Crippen MR) is 98.7 cm³/mol. The van der Waals surface area contributed by atoms with E-state index in [2.05, 4.69) is 4.74 Å². The van der Waals surface area contributed by atoms with Crippen molar-refractivity contribution in [2.45, 2.75) is 31.9 Å². The lowest BCUT2D eigenvalue weighted by Gasteiger charge is -2.10. The van der Waals surface area contributed by atoms with Crippen molar-refractivity contribution in [3.8, 4) is 11.5 Å². The van der Waals surface area contributed by atoms with Crippen molar-refractivity contribution in [1.82, 2.24) is 0 Å². The number of unbranched alkanes of at least 4 members (excludes halogenated alkanes) is 3. The summed E-state index contributed by atoms with van der Waals surface area (Å²) in [5.74, 6) is 0.521. The molecule has 4 nitrogen and oxygen atoms in total. The highest BCUT2D eigenvalue weighted by Crippen LogP contribution is 2.31. The molecule has 0 saturated carbocycles. The van der Waals surface area contributed by atoms with Gasteiger partial charge in [0.2, 0.25) is 0 Å². The van der Waals surface area contributed by atoms with E-state index in [-0.39, 0.29) is 11.7 Å². The number of ether oxygens (including phenoxy) is 3. The van der Waals surface area contributed by atoms with E-state index >= 15 is 0 Å². The quantitative estimate of drug-likeness (QED) is 0.392. The van der Waals surface area contributed by atoms with Crippen LogP contribution in [0.5, 0.6) is 11.5 Å². The third kappa shape index (κ3) is 7.13. The zero-order chi connectivity index (χ0) is 20.4. The number of rotatable bonds is 10. The third-order valence-electron chi connectivity index (χ3n) is 4.01. The van der Waals surface area contributed by atoms with E-state index in [1.165, 1.54) is 19.2 Å². The summed E-state index contributed by atoms with van der Waals surface area (Å²) in [5.41, 5.74) is -0.239. The molecule has 0 aromatic heterocycles. The van der Waals surface area contributed by atoms with Crippen molar-refractivity contribution in [3.63, 3.8) is 0 Å². The second-order valence-electron chi connectivity index (χ2n) is 6.15. The van der Waals surface area contributed by atoms with Gasteiger partial charge in [-0.2, -0.15) is 13.2 Å². The highest BCUT2D eigenvalue weighted by atomic mass is 19.4. The van der Waals surface area contributed by atoms with Crippen LogP contribution >= 0.6 is 0 Å². The lowest BCUT2D eigenvalue weighted by atomic mass is 10.2. The molecule has 0 saturated heterocycles. The molecule has 0 aliphatic heterocycles. The number of carbonyl (C=O) groups excluding carboxylic acids is 1. The van der Waals surface area contributed by atoms with Gasteiger partial charge in [-0.3, -0.25) is 0 Å². The molecule has 7 heteroatoms. The number of benzene rings is 2. The van der Waals surface area contributed by atoms with Crippen LogP contribution in [0.4, 0.5) is 13.2 Å². The largest absolute Gasteiger partial charge is 0.494 e. The minimum absolute atomic E-state index is 0.230. The van der Waals surface area contributed by atoms with E-state index in [1.807, 2.05) is 0 Å². The molecule has 2 aromatic rings. The summed E-state index contributed by atoms with van der Waals surface area (Å²) in [4.78, 5) is 11.3. The topological polar surface area (TPSA) is 44.8 Å². The first kappa shape index (κ1) is 21.6. The Morgan fingerprint density at radius 2 is 1.46 bits per heavy atom. The van der Waals surface area contributed by atoms with Crippen molar-refractivity contribution in [3.05, 3.63) is 59.7 Å². The second kappa shape index (κ2) is 10.6. The number of esters is 1. The van der Waals surface area contributed by atoms with Gasteiger partial charge in [0, 0.05) is 0 Å². The van der Waals surface area contributed by atoms with Crippen LogP contribution < -0.4 is 9.47 Å². The fourth-order valence-electron chi connectivity index (χ4n) is 2.51. The van der Waals surface area contributed by atoms with Crippen LogP contribution in [0, 0.1) is 0 Å². The number of hydrogen-bond donors (Lipinski definition) is 0. The molecule has 0 aliphatic carbocycles. The number of halogens is 3. The Kier molecular flexibility index (Phi) is 8.17. The lowest BCUT2D eigenvalue weighted by molar-refractivity contribution is -0.137. The molecule has 2 rings (SSSR count). The maximum absolute atomic E-state index is 12.6. The summed E-state index contributed by atoms with van der Waals surface area (Å²) in [6, 6.07) is 11.6. The van der Waals surface area contributed by atoms with Gasteiger partial charge in [-0.15, -0.1) is 0 Å². The van der Waals surface area contributed by atoms with Crippen molar-refractivity contribution in [1.29, 1.82) is 0 Å². The standard InChI is InChI=1S/C21H23F3O4/c1-26-20(25)16-9-11-18(12-10-16)27-13-4-2-3-5-14-28-19-8-6-7-17(15-19)21(22,23)24/h6-12,15H,2-5,13-14H2,1H3. The molecule has 0 atom stereocenters. The average molecular weight is 396 g/mol. The molecule has 0 heterocycles. The summed E-state index contributed by atoms with van der Waals surface area (Å²) in [6.45, 7) is 0.920. The van der Waals surface area contributed by atoms with Gasteiger partial charge in [-0.1, -0.05) is 6.07 Å². The summed E-state index contributed by atoms with van der Waals surface area (Å²) in [5, 5.41) is 0. The van der Waals surface area contributed by atoms with E-state index in [9.17, 15) is 18.0 Å². The Morgan fingerprint density at radius 3 is 2.04 bits per heavy atom. The minimum atomic E-state index is -4.36. The van der Waals surface area contributed by atoms with Gasteiger partial charge >= 0.3 is 12.1 Å². The maximum atomic E-state index is 12.6. The van der Waals surface area contributed by atoms with E-state index in [0.29, 0.717) is 24.5 Å². The number of methoxy groups -OCH3 is 1. The normalized spacial score (nSPS) is 11.1.